The van der Waals surface area contributed by atoms with Crippen LogP contribution in [0.2, 0.25) is 0 Å². The van der Waals surface area contributed by atoms with E-state index in [2.05, 4.69) is 10.3 Å². The Morgan fingerprint density at radius 2 is 1.69 bits per heavy atom. The molecule has 1 aromatic heterocycles. The molecule has 0 spiro atoms. The van der Waals surface area contributed by atoms with E-state index in [1.165, 1.54) is 4.90 Å². The van der Waals surface area contributed by atoms with Crippen LogP contribution >= 0.6 is 11.6 Å². The van der Waals surface area contributed by atoms with Gasteiger partial charge in [-0.3, -0.25) is 9.69 Å². The summed E-state index contributed by atoms with van der Waals surface area (Å²) in [6.07, 6.45) is 3.36. The highest BCUT2D eigenvalue weighted by Gasteiger charge is 2.30. The Kier molecular flexibility index (Phi) is 11.4. The van der Waals surface area contributed by atoms with Crippen LogP contribution in [0.3, 0.4) is 0 Å². The lowest BCUT2D eigenvalue weighted by Crippen LogP contribution is -2.40. The fourth-order valence-electron chi connectivity index (χ4n) is 4.61. The first-order valence-electron chi connectivity index (χ1n) is 14.5. The van der Waals surface area contributed by atoms with Crippen molar-refractivity contribution in [3.05, 3.63) is 36.0 Å². The summed E-state index contributed by atoms with van der Waals surface area (Å²) >= 11 is 5.97. The number of carbonyl (C=O) groups excluding carboxylic acids is 3. The average Bonchev–Trinajstić information content (AvgIpc) is 3.45. The summed E-state index contributed by atoms with van der Waals surface area (Å²) in [6, 6.07) is 5.84. The number of halogens is 1. The molecule has 1 aliphatic heterocycles. The molecule has 230 valence electrons. The normalized spacial score (nSPS) is 14.0. The maximum absolute atomic E-state index is 13.5. The summed E-state index contributed by atoms with van der Waals surface area (Å²) in [5.74, 6) is 0.660. The first-order valence-corrected chi connectivity index (χ1v) is 14.9. The van der Waals surface area contributed by atoms with Gasteiger partial charge < -0.3 is 24.6 Å². The molecule has 11 nitrogen and oxygen atoms in total. The quantitative estimate of drug-likeness (QED) is 0.192. The minimum absolute atomic E-state index is 0.232. The molecule has 1 fully saturated rings. The monoisotopic (exact) mass is 602 g/mol. The maximum atomic E-state index is 13.5. The minimum atomic E-state index is -0.875. The van der Waals surface area contributed by atoms with Gasteiger partial charge in [-0.2, -0.15) is 4.98 Å². The molecule has 0 saturated carbocycles. The summed E-state index contributed by atoms with van der Waals surface area (Å²) in [6.45, 7) is 15.8. The molecule has 12 heteroatoms. The fourth-order valence-corrected chi connectivity index (χ4v) is 4.90. The minimum Gasteiger partial charge on any atom is -0.458 e. The van der Waals surface area contributed by atoms with Crippen molar-refractivity contribution < 1.29 is 23.9 Å². The standard InChI is InChI=1S/C30H43ClN6O5/c1-8-35(9-2)28-32-19-24(37(20(3)4)27(31)39)25(34-28)33-23(26(38)42-30(5,6)7)18-21-12-14-22(15-13-21)41-29(40)36-16-10-11-17-36/h12-15,19-20,23H,8-11,16-18H2,1-7H3,(H,32,33,34)/t23-/m0/s1. The van der Waals surface area contributed by atoms with Gasteiger partial charge in [0.25, 0.3) is 0 Å². The number of benzene rings is 1. The average molecular weight is 603 g/mol. The highest BCUT2D eigenvalue weighted by atomic mass is 35.5. The van der Waals surface area contributed by atoms with Gasteiger partial charge in [-0.05, 0) is 90.6 Å². The van der Waals surface area contributed by atoms with Crippen LogP contribution in [0.25, 0.3) is 0 Å². The molecule has 2 heterocycles. The lowest BCUT2D eigenvalue weighted by atomic mass is 10.0. The third-order valence-corrected chi connectivity index (χ3v) is 6.89. The second-order valence-corrected chi connectivity index (χ2v) is 11.8. The molecule has 1 N–H and O–H groups in total. The van der Waals surface area contributed by atoms with Crippen LogP contribution in [-0.4, -0.2) is 76.2 Å². The van der Waals surface area contributed by atoms with Crippen LogP contribution < -0.4 is 19.9 Å². The van der Waals surface area contributed by atoms with Gasteiger partial charge in [-0.15, -0.1) is 0 Å². The van der Waals surface area contributed by atoms with Gasteiger partial charge in [-0.1, -0.05) is 12.1 Å². The number of hydrogen-bond acceptors (Lipinski definition) is 9. The first kappa shape index (κ1) is 32.9. The molecule has 2 aromatic rings. The Hall–Kier alpha value is -3.60. The number of amides is 2. The van der Waals surface area contributed by atoms with Crippen LogP contribution in [0.1, 0.15) is 66.9 Å². The predicted molar refractivity (Wildman–Crippen MR) is 165 cm³/mol. The van der Waals surface area contributed by atoms with E-state index in [0.29, 0.717) is 43.6 Å². The zero-order valence-corrected chi connectivity index (χ0v) is 26.4. The van der Waals surface area contributed by atoms with E-state index in [1.807, 2.05) is 32.6 Å². The van der Waals surface area contributed by atoms with E-state index in [-0.39, 0.29) is 24.4 Å². The molecule has 1 aliphatic rings. The Morgan fingerprint density at radius 3 is 2.21 bits per heavy atom. The molecule has 0 aliphatic carbocycles. The lowest BCUT2D eigenvalue weighted by molar-refractivity contribution is -0.155. The predicted octanol–water partition coefficient (Wildman–Crippen LogP) is 5.86. The van der Waals surface area contributed by atoms with E-state index < -0.39 is 23.0 Å². The van der Waals surface area contributed by atoms with E-state index in [9.17, 15) is 14.4 Å². The molecule has 3 rings (SSSR count). The van der Waals surface area contributed by atoms with Crippen molar-refractivity contribution in [2.75, 3.05) is 41.3 Å². The van der Waals surface area contributed by atoms with E-state index in [4.69, 9.17) is 26.1 Å². The van der Waals surface area contributed by atoms with Crippen molar-refractivity contribution in [3.8, 4) is 5.75 Å². The zero-order chi connectivity index (χ0) is 31.0. The third kappa shape index (κ3) is 8.95. The summed E-state index contributed by atoms with van der Waals surface area (Å²) in [5, 5.41) is 2.54. The molecule has 1 saturated heterocycles. The lowest BCUT2D eigenvalue weighted by Gasteiger charge is -2.29. The third-order valence-electron chi connectivity index (χ3n) is 6.70. The van der Waals surface area contributed by atoms with E-state index in [0.717, 1.165) is 18.4 Å². The Labute approximate surface area is 253 Å². The first-order chi connectivity index (χ1) is 19.8. The van der Waals surface area contributed by atoms with Crippen molar-refractivity contribution in [2.24, 2.45) is 0 Å². The maximum Gasteiger partial charge on any atom is 0.415 e. The topological polar surface area (TPSA) is 117 Å². The molecule has 1 aromatic carbocycles. The van der Waals surface area contributed by atoms with E-state index >= 15 is 0 Å². The van der Waals surface area contributed by atoms with Crippen molar-refractivity contribution in [1.82, 2.24) is 14.9 Å². The van der Waals surface area contributed by atoms with Gasteiger partial charge in [0.2, 0.25) is 5.95 Å². The number of aromatic nitrogens is 2. The summed E-state index contributed by atoms with van der Waals surface area (Å²) < 4.78 is 11.3. The van der Waals surface area contributed by atoms with Crippen LogP contribution in [0, 0.1) is 0 Å². The zero-order valence-electron chi connectivity index (χ0n) is 25.6. The van der Waals surface area contributed by atoms with Gasteiger partial charge in [0.05, 0.1) is 6.20 Å². The van der Waals surface area contributed by atoms with Crippen molar-refractivity contribution in [1.29, 1.82) is 0 Å². The number of ether oxygens (including phenoxy) is 2. The number of nitrogens with one attached hydrogen (secondary N) is 1. The largest absolute Gasteiger partial charge is 0.458 e. The second-order valence-electron chi connectivity index (χ2n) is 11.4. The number of carbonyl (C=O) groups is 3. The van der Waals surface area contributed by atoms with Crippen LogP contribution in [-0.2, 0) is 16.0 Å². The van der Waals surface area contributed by atoms with Crippen molar-refractivity contribution in [3.63, 3.8) is 0 Å². The number of likely N-dealkylation sites (tertiary alicyclic amines) is 1. The van der Waals surface area contributed by atoms with Crippen molar-refractivity contribution >= 4 is 46.5 Å². The highest BCUT2D eigenvalue weighted by molar-refractivity contribution is 6.66. The molecule has 1 atom stereocenters. The summed E-state index contributed by atoms with van der Waals surface area (Å²) in [4.78, 5) is 52.5. The van der Waals surface area contributed by atoms with Crippen molar-refractivity contribution in [2.45, 2.75) is 85.4 Å². The van der Waals surface area contributed by atoms with Crippen LogP contribution in [0.15, 0.2) is 30.5 Å². The Balaban J connectivity index is 1.94. The van der Waals surface area contributed by atoms with Gasteiger partial charge in [0.15, 0.2) is 5.82 Å². The number of anilines is 3. The van der Waals surface area contributed by atoms with Gasteiger partial charge in [-0.25, -0.2) is 14.6 Å². The second kappa shape index (κ2) is 14.5. The van der Waals surface area contributed by atoms with Gasteiger partial charge in [0.1, 0.15) is 23.1 Å². The molecule has 0 unspecified atom stereocenters. The summed E-state index contributed by atoms with van der Waals surface area (Å²) in [7, 11) is 0. The Bertz CT molecular complexity index is 1220. The van der Waals surface area contributed by atoms with Gasteiger partial charge >= 0.3 is 17.4 Å². The molecule has 2 amide bonds. The SMILES string of the molecule is CCN(CC)c1ncc(N(C(=O)Cl)C(C)C)c(N[C@@H](Cc2ccc(OC(=O)N3CCCC3)cc2)C(=O)OC(C)(C)C)n1. The van der Waals surface area contributed by atoms with E-state index in [1.54, 1.807) is 56.1 Å². The number of nitrogens with zero attached hydrogens (tertiary/aromatic N) is 5. The highest BCUT2D eigenvalue weighted by Crippen LogP contribution is 2.30. The fraction of sp³-hybridized carbons (Fsp3) is 0.567. The molecular weight excluding hydrogens is 560 g/mol. The van der Waals surface area contributed by atoms with Crippen LogP contribution in [0.5, 0.6) is 5.75 Å². The molecule has 0 radical (unpaired) electrons. The molecule has 42 heavy (non-hydrogen) atoms. The smallest absolute Gasteiger partial charge is 0.415 e. The summed E-state index contributed by atoms with van der Waals surface area (Å²) in [5.41, 5.74) is 0.411. The van der Waals surface area contributed by atoms with Crippen LogP contribution in [0.4, 0.5) is 27.0 Å². The molecule has 0 bridgehead atoms. The number of rotatable bonds is 11. The van der Waals surface area contributed by atoms with Gasteiger partial charge in [0, 0.05) is 38.6 Å². The Morgan fingerprint density at radius 1 is 1.07 bits per heavy atom. The number of esters is 1. The molecular formula is C30H43ClN6O5. The number of hydrogen-bond donors (Lipinski definition) is 1.